The van der Waals surface area contributed by atoms with E-state index in [1.807, 2.05) is 30.3 Å². The van der Waals surface area contributed by atoms with Gasteiger partial charge in [-0.15, -0.1) is 0 Å². The number of amides is 1. The van der Waals surface area contributed by atoms with E-state index >= 15 is 0 Å². The smallest absolute Gasteiger partial charge is 0.327 e. The van der Waals surface area contributed by atoms with E-state index in [4.69, 9.17) is 5.11 Å². The van der Waals surface area contributed by atoms with Crippen molar-refractivity contribution in [1.82, 2.24) is 5.32 Å². The van der Waals surface area contributed by atoms with Crippen LogP contribution in [0.15, 0.2) is 30.3 Å². The van der Waals surface area contributed by atoms with Gasteiger partial charge in [-0.25, -0.2) is 4.79 Å². The normalized spacial score (nSPS) is 13.6. The van der Waals surface area contributed by atoms with Crippen molar-refractivity contribution in [1.29, 1.82) is 0 Å². The Morgan fingerprint density at radius 2 is 1.94 bits per heavy atom. The van der Waals surface area contributed by atoms with E-state index in [2.05, 4.69) is 5.32 Å². The molecular formula is C12H15NO4S. The first-order chi connectivity index (χ1) is 8.49. The van der Waals surface area contributed by atoms with Crippen molar-refractivity contribution in [2.45, 2.75) is 18.7 Å². The van der Waals surface area contributed by atoms with Crippen molar-refractivity contribution in [3.63, 3.8) is 0 Å². The van der Waals surface area contributed by atoms with Crippen LogP contribution in [-0.2, 0) is 26.1 Å². The number of carboxylic acids is 1. The molecule has 0 aliphatic carbocycles. The monoisotopic (exact) mass is 269 g/mol. The van der Waals surface area contributed by atoms with Crippen LogP contribution in [0, 0.1) is 0 Å². The molecule has 0 spiro atoms. The molecule has 0 heterocycles. The van der Waals surface area contributed by atoms with E-state index in [1.165, 1.54) is 6.92 Å². The topological polar surface area (TPSA) is 83.5 Å². The number of aliphatic carboxylic acids is 1. The average Bonchev–Trinajstić information content (AvgIpc) is 2.28. The summed E-state index contributed by atoms with van der Waals surface area (Å²) in [6.07, 6.45) is 0. The summed E-state index contributed by atoms with van der Waals surface area (Å²) in [5.74, 6) is -1.43. The lowest BCUT2D eigenvalue weighted by Gasteiger charge is -2.12. The Balaban J connectivity index is 2.56. The van der Waals surface area contributed by atoms with Gasteiger partial charge >= 0.3 is 5.97 Å². The van der Waals surface area contributed by atoms with Gasteiger partial charge < -0.3 is 10.4 Å². The van der Waals surface area contributed by atoms with Gasteiger partial charge in [-0.3, -0.25) is 9.00 Å². The van der Waals surface area contributed by atoms with Gasteiger partial charge in [0.15, 0.2) is 0 Å². The van der Waals surface area contributed by atoms with E-state index in [1.54, 1.807) is 0 Å². The Hall–Kier alpha value is -1.69. The Morgan fingerprint density at radius 3 is 2.44 bits per heavy atom. The molecule has 0 aromatic heterocycles. The van der Waals surface area contributed by atoms with Crippen LogP contribution in [0.5, 0.6) is 0 Å². The first-order valence-corrected chi connectivity index (χ1v) is 6.86. The highest BCUT2D eigenvalue weighted by Crippen LogP contribution is 2.04. The molecule has 0 radical (unpaired) electrons. The molecule has 0 saturated carbocycles. The van der Waals surface area contributed by atoms with Crippen LogP contribution in [0.25, 0.3) is 0 Å². The Bertz CT molecular complexity index is 447. The molecule has 1 rings (SSSR count). The second-order valence-corrected chi connectivity index (χ2v) is 5.33. The summed E-state index contributed by atoms with van der Waals surface area (Å²) < 4.78 is 11.8. The van der Waals surface area contributed by atoms with E-state index in [-0.39, 0.29) is 11.5 Å². The van der Waals surface area contributed by atoms with Gasteiger partial charge in [-0.2, -0.15) is 0 Å². The van der Waals surface area contributed by atoms with Gasteiger partial charge in [-0.05, 0) is 5.56 Å². The van der Waals surface area contributed by atoms with E-state index in [0.29, 0.717) is 0 Å². The molecule has 18 heavy (non-hydrogen) atoms. The third kappa shape index (κ3) is 5.09. The molecule has 98 valence electrons. The summed E-state index contributed by atoms with van der Waals surface area (Å²) in [4.78, 5) is 21.7. The summed E-state index contributed by atoms with van der Waals surface area (Å²) in [5.41, 5.74) is 0.878. The molecule has 2 atom stereocenters. The summed E-state index contributed by atoms with van der Waals surface area (Å²) in [7, 11) is -1.33. The van der Waals surface area contributed by atoms with Crippen LogP contribution in [0.3, 0.4) is 0 Å². The quantitative estimate of drug-likeness (QED) is 0.789. The number of carbonyl (C=O) groups is 2. The molecule has 1 aromatic carbocycles. The van der Waals surface area contributed by atoms with Gasteiger partial charge in [0.05, 0.1) is 5.75 Å². The summed E-state index contributed by atoms with van der Waals surface area (Å²) in [6.45, 7) is 1.23. The maximum absolute atomic E-state index is 11.8. The molecule has 5 nitrogen and oxygen atoms in total. The van der Waals surface area contributed by atoms with Gasteiger partial charge in [-0.1, -0.05) is 30.3 Å². The fourth-order valence-corrected chi connectivity index (χ4v) is 2.70. The molecule has 0 saturated heterocycles. The number of carboxylic acid groups (broad SMARTS) is 1. The van der Waals surface area contributed by atoms with Crippen molar-refractivity contribution >= 4 is 22.7 Å². The summed E-state index contributed by atoms with van der Waals surface area (Å²) in [5, 5.41) is 11.2. The van der Waals surface area contributed by atoms with Crippen molar-refractivity contribution in [2.75, 3.05) is 5.75 Å². The van der Waals surface area contributed by atoms with Crippen LogP contribution in [0.2, 0.25) is 0 Å². The third-order valence-electron chi connectivity index (χ3n) is 2.20. The largest absolute Gasteiger partial charge is 0.480 e. The maximum atomic E-state index is 11.8. The van der Waals surface area contributed by atoms with Crippen molar-refractivity contribution < 1.29 is 18.9 Å². The average molecular weight is 269 g/mol. The predicted molar refractivity (Wildman–Crippen MR) is 68.4 cm³/mol. The SMILES string of the molecule is CC(=O)N[C@@H](C[S@](=O)Cc1ccccc1)C(=O)O. The fourth-order valence-electron chi connectivity index (χ4n) is 1.42. The number of hydrogen-bond acceptors (Lipinski definition) is 3. The first-order valence-electron chi connectivity index (χ1n) is 5.38. The Kier molecular flexibility index (Phi) is 5.51. The van der Waals surface area contributed by atoms with Gasteiger partial charge in [0.2, 0.25) is 5.91 Å². The van der Waals surface area contributed by atoms with E-state index in [9.17, 15) is 13.8 Å². The zero-order valence-corrected chi connectivity index (χ0v) is 10.8. The molecule has 0 fully saturated rings. The van der Waals surface area contributed by atoms with Gasteiger partial charge in [0.25, 0.3) is 0 Å². The molecular weight excluding hydrogens is 254 g/mol. The molecule has 0 unspecified atom stereocenters. The minimum absolute atomic E-state index is 0.0934. The molecule has 2 N–H and O–H groups in total. The number of benzene rings is 1. The van der Waals surface area contributed by atoms with Gasteiger partial charge in [0, 0.05) is 23.5 Å². The Morgan fingerprint density at radius 1 is 1.33 bits per heavy atom. The number of carbonyl (C=O) groups excluding carboxylic acids is 1. The van der Waals surface area contributed by atoms with Crippen molar-refractivity contribution in [3.8, 4) is 0 Å². The minimum atomic E-state index is -1.33. The highest BCUT2D eigenvalue weighted by atomic mass is 32.2. The second kappa shape index (κ2) is 6.90. The summed E-state index contributed by atoms with van der Waals surface area (Å²) >= 11 is 0. The Labute approximate surface area is 108 Å². The molecule has 6 heteroatoms. The lowest BCUT2D eigenvalue weighted by Crippen LogP contribution is -2.43. The van der Waals surface area contributed by atoms with Crippen molar-refractivity contribution in [2.24, 2.45) is 0 Å². The molecule has 0 aliphatic rings. The zero-order valence-electron chi connectivity index (χ0n) is 9.96. The van der Waals surface area contributed by atoms with E-state index in [0.717, 1.165) is 5.56 Å². The molecule has 1 aromatic rings. The highest BCUT2D eigenvalue weighted by molar-refractivity contribution is 7.84. The summed E-state index contributed by atoms with van der Waals surface area (Å²) in [6, 6.07) is 8.05. The molecule has 1 amide bonds. The standard InChI is InChI=1S/C12H15NO4S/c1-9(14)13-11(12(15)16)8-18(17)7-10-5-3-2-4-6-10/h2-6,11H,7-8H2,1H3,(H,13,14)(H,15,16)/t11-,18+/m0/s1. The first kappa shape index (κ1) is 14.4. The highest BCUT2D eigenvalue weighted by Gasteiger charge is 2.21. The van der Waals surface area contributed by atoms with Crippen LogP contribution >= 0.6 is 0 Å². The number of rotatable bonds is 6. The van der Waals surface area contributed by atoms with Gasteiger partial charge in [0.1, 0.15) is 6.04 Å². The molecule has 0 aliphatic heterocycles. The third-order valence-corrected chi connectivity index (χ3v) is 3.56. The number of nitrogens with one attached hydrogen (secondary N) is 1. The number of hydrogen-bond donors (Lipinski definition) is 2. The van der Waals surface area contributed by atoms with Crippen LogP contribution in [0.1, 0.15) is 12.5 Å². The lowest BCUT2D eigenvalue weighted by molar-refractivity contribution is -0.140. The maximum Gasteiger partial charge on any atom is 0.327 e. The van der Waals surface area contributed by atoms with Crippen LogP contribution in [-0.4, -0.2) is 33.0 Å². The second-order valence-electron chi connectivity index (χ2n) is 3.83. The van der Waals surface area contributed by atoms with Crippen molar-refractivity contribution in [3.05, 3.63) is 35.9 Å². The van der Waals surface area contributed by atoms with E-state index < -0.39 is 28.7 Å². The zero-order chi connectivity index (χ0) is 13.5. The van der Waals surface area contributed by atoms with Crippen LogP contribution < -0.4 is 5.32 Å². The fraction of sp³-hybridized carbons (Fsp3) is 0.333. The lowest BCUT2D eigenvalue weighted by atomic mass is 10.2. The predicted octanol–water partition coefficient (Wildman–Crippen LogP) is 0.525. The molecule has 0 bridgehead atoms. The minimum Gasteiger partial charge on any atom is -0.480 e. The van der Waals surface area contributed by atoms with Crippen LogP contribution in [0.4, 0.5) is 0 Å².